The Morgan fingerprint density at radius 3 is 1.56 bits per heavy atom. The molecule has 12 nitrogen and oxygen atoms in total. The first kappa shape index (κ1) is 47.4. The Morgan fingerprint density at radius 2 is 1.10 bits per heavy atom. The number of hydrogen-bond donors (Lipinski definition) is 3. The second-order valence-electron chi connectivity index (χ2n) is 16.9. The number of ether oxygens (including phenoxy) is 2. The summed E-state index contributed by atoms with van der Waals surface area (Å²) in [5.41, 5.74) is 6.34. The van der Waals surface area contributed by atoms with Gasteiger partial charge in [-0.25, -0.2) is 19.6 Å². The minimum atomic E-state index is -0.490. The van der Waals surface area contributed by atoms with E-state index in [9.17, 15) is 9.59 Å². The number of nitrogens with zero attached hydrogens (tertiary/aromatic N) is 5. The highest BCUT2D eigenvalue weighted by Gasteiger charge is 2.25. The van der Waals surface area contributed by atoms with Crippen molar-refractivity contribution in [1.82, 2.24) is 35.9 Å². The van der Waals surface area contributed by atoms with Crippen molar-refractivity contribution in [3.8, 4) is 22.8 Å². The molecule has 6 rings (SSSR count). The number of amides is 2. The maximum atomic E-state index is 12.0. The maximum absolute atomic E-state index is 12.0. The Labute approximate surface area is 364 Å². The molecule has 0 atom stereocenters. The van der Waals surface area contributed by atoms with Gasteiger partial charge in [0.2, 0.25) is 0 Å². The van der Waals surface area contributed by atoms with Crippen LogP contribution in [0.5, 0.6) is 0 Å². The van der Waals surface area contributed by atoms with E-state index in [1.54, 1.807) is 18.3 Å². The normalized spacial score (nSPS) is 14.9. The minimum absolute atomic E-state index is 0.105. The quantitative estimate of drug-likeness (QED) is 0.166. The number of carbonyl (C=O) groups excluding carboxylic acids is 2. The zero-order valence-electron chi connectivity index (χ0n) is 35.9. The predicted octanol–water partition coefficient (Wildman–Crippen LogP) is 10.2. The fourth-order valence-electron chi connectivity index (χ4n) is 6.45. The van der Waals surface area contributed by atoms with Crippen molar-refractivity contribution in [3.63, 3.8) is 0 Å². The number of nitrogens with one attached hydrogen (secondary N) is 3. The number of rotatable bonds is 5. The lowest BCUT2D eigenvalue weighted by Gasteiger charge is -2.33. The largest absolute Gasteiger partial charge is 0.444 e. The van der Waals surface area contributed by atoms with Crippen LogP contribution in [-0.4, -0.2) is 81.6 Å². The van der Waals surface area contributed by atoms with Gasteiger partial charge in [0, 0.05) is 37.6 Å². The number of aromatic nitrogens is 4. The van der Waals surface area contributed by atoms with Crippen LogP contribution in [0.2, 0.25) is 15.2 Å². The molecule has 0 bridgehead atoms. The van der Waals surface area contributed by atoms with Crippen LogP contribution in [0, 0.1) is 27.7 Å². The summed E-state index contributed by atoms with van der Waals surface area (Å²) in [4.78, 5) is 43.5. The van der Waals surface area contributed by atoms with Crippen molar-refractivity contribution in [2.75, 3.05) is 31.1 Å². The van der Waals surface area contributed by atoms with Gasteiger partial charge in [-0.05, 0) is 155 Å². The van der Waals surface area contributed by atoms with Crippen LogP contribution in [0.1, 0.15) is 89.5 Å². The van der Waals surface area contributed by atoms with Gasteiger partial charge in [0.15, 0.2) is 0 Å². The Kier molecular flexibility index (Phi) is 17.2. The van der Waals surface area contributed by atoms with Gasteiger partial charge in [-0.15, -0.1) is 0 Å². The molecule has 15 heteroatoms. The van der Waals surface area contributed by atoms with Crippen LogP contribution in [0.3, 0.4) is 0 Å². The van der Waals surface area contributed by atoms with Crippen molar-refractivity contribution in [2.24, 2.45) is 0 Å². The number of pyridine rings is 4. The number of anilines is 1. The Hall–Kier alpha value is -4.23. The van der Waals surface area contributed by atoms with Gasteiger partial charge in [0.05, 0.1) is 21.4 Å². The molecule has 6 heterocycles. The van der Waals surface area contributed by atoms with Gasteiger partial charge < -0.3 is 30.3 Å². The van der Waals surface area contributed by atoms with E-state index in [0.717, 1.165) is 91.3 Å². The molecule has 0 aromatic carbocycles. The second-order valence-corrected chi connectivity index (χ2v) is 18.1. The first-order chi connectivity index (χ1) is 27.7. The molecule has 0 saturated carbocycles. The Morgan fingerprint density at radius 1 is 0.661 bits per heavy atom. The van der Waals surface area contributed by atoms with Crippen LogP contribution in [-0.2, 0) is 9.47 Å². The van der Waals surface area contributed by atoms with Crippen LogP contribution < -0.4 is 20.9 Å². The molecule has 4 aromatic rings. The van der Waals surface area contributed by atoms with Crippen LogP contribution in [0.15, 0.2) is 48.8 Å². The lowest BCUT2D eigenvalue weighted by Crippen LogP contribution is -2.46. The zero-order chi connectivity index (χ0) is 43.5. The summed E-state index contributed by atoms with van der Waals surface area (Å²) < 4.78 is 10.5. The van der Waals surface area contributed by atoms with Gasteiger partial charge in [0.1, 0.15) is 33.6 Å². The fourth-order valence-corrected chi connectivity index (χ4v) is 6.99. The first-order valence-corrected chi connectivity index (χ1v) is 21.1. The lowest BCUT2D eigenvalue weighted by molar-refractivity contribution is 0.0484. The van der Waals surface area contributed by atoms with E-state index >= 15 is 0 Å². The van der Waals surface area contributed by atoms with Gasteiger partial charge in [-0.3, -0.25) is 9.97 Å². The third-order valence-electron chi connectivity index (χ3n) is 9.12. The highest BCUT2D eigenvalue weighted by Crippen LogP contribution is 2.31. The van der Waals surface area contributed by atoms with E-state index in [2.05, 4.69) is 41.9 Å². The van der Waals surface area contributed by atoms with E-state index in [1.807, 2.05) is 93.6 Å². The zero-order valence-corrected chi connectivity index (χ0v) is 38.2. The summed E-state index contributed by atoms with van der Waals surface area (Å²) in [5, 5.41) is 10.7. The number of alkyl carbamates (subject to hydrolysis) is 2. The summed E-state index contributed by atoms with van der Waals surface area (Å²) >= 11 is 18.4. The van der Waals surface area contributed by atoms with Crippen LogP contribution in [0.4, 0.5) is 15.4 Å². The number of aryl methyl sites for hydroxylation is 4. The Balaban J connectivity index is 0.000000216. The molecular formula is C44H59Cl3N8O4. The molecule has 0 unspecified atom stereocenters. The summed E-state index contributed by atoms with van der Waals surface area (Å²) in [6, 6.07) is 11.7. The van der Waals surface area contributed by atoms with E-state index in [0.29, 0.717) is 26.6 Å². The molecule has 2 saturated heterocycles. The molecule has 3 N–H and O–H groups in total. The topological polar surface area (TPSA) is 143 Å². The number of piperidine rings is 2. The highest BCUT2D eigenvalue weighted by molar-refractivity contribution is 6.34. The van der Waals surface area contributed by atoms with E-state index in [4.69, 9.17) is 49.3 Å². The number of halogens is 3. The molecule has 0 aliphatic carbocycles. The van der Waals surface area contributed by atoms with Crippen molar-refractivity contribution >= 4 is 52.8 Å². The molecule has 2 aliphatic heterocycles. The molecule has 0 radical (unpaired) electrons. The summed E-state index contributed by atoms with van der Waals surface area (Å²) in [6.45, 7) is 22.8. The van der Waals surface area contributed by atoms with E-state index < -0.39 is 11.2 Å². The Bertz CT molecular complexity index is 2040. The smallest absolute Gasteiger partial charge is 0.407 e. The van der Waals surface area contributed by atoms with Crippen LogP contribution in [0.25, 0.3) is 22.8 Å². The molecule has 59 heavy (non-hydrogen) atoms. The van der Waals surface area contributed by atoms with Crippen LogP contribution >= 0.6 is 34.8 Å². The molecule has 0 spiro atoms. The third-order valence-corrected chi connectivity index (χ3v) is 9.94. The second kappa shape index (κ2) is 21.3. The van der Waals surface area contributed by atoms with Gasteiger partial charge in [0.25, 0.3) is 0 Å². The molecular weight excluding hydrogens is 811 g/mol. The molecule has 2 amide bonds. The van der Waals surface area contributed by atoms with Crippen molar-refractivity contribution in [2.45, 2.75) is 118 Å². The molecule has 2 fully saturated rings. The molecule has 4 aromatic heterocycles. The number of hydrogen-bond acceptors (Lipinski definition) is 10. The third kappa shape index (κ3) is 15.7. The molecule has 2 aliphatic rings. The average molecular weight is 870 g/mol. The average Bonchev–Trinajstić information content (AvgIpc) is 3.13. The minimum Gasteiger partial charge on any atom is -0.444 e. The molecule has 320 valence electrons. The SMILES string of the molecule is CC(C)(C)OC(=O)NC1CCNCC1.Cc1cnc(-c2nc(Cl)ccc2Cl)c(C)c1.Cc1cnc(-c2nc(N3CCC(NC(=O)OC(C)(C)C)CC3)ccc2Cl)c(C)c1. The van der Waals surface area contributed by atoms with E-state index in [-0.39, 0.29) is 24.3 Å². The monoisotopic (exact) mass is 868 g/mol. The maximum Gasteiger partial charge on any atom is 0.407 e. The standard InChI is InChI=1S/C22H29ClN4O2.C12H10Cl2N2.C10H20N2O2/c1-14-12-15(2)19(24-13-14)20-17(23)6-7-18(26-20)27-10-8-16(9-11-27)25-21(28)29-22(3,4)5;1-7-5-8(2)11(15-6-7)12-9(13)3-4-10(14)16-12;1-10(2,3)14-9(13)12-8-4-6-11-7-5-8/h6-7,12-13,16H,8-11H2,1-5H3,(H,25,28);3-6H,1-2H3;8,11H,4-7H2,1-3H3,(H,12,13). The first-order valence-electron chi connectivity index (χ1n) is 20.0. The lowest BCUT2D eigenvalue weighted by atomic mass is 10.1. The summed E-state index contributed by atoms with van der Waals surface area (Å²) in [6.07, 6.45) is 6.61. The highest BCUT2D eigenvalue weighted by atomic mass is 35.5. The van der Waals surface area contributed by atoms with Gasteiger partial charge >= 0.3 is 12.2 Å². The van der Waals surface area contributed by atoms with Crippen molar-refractivity contribution < 1.29 is 19.1 Å². The van der Waals surface area contributed by atoms with Gasteiger partial charge in [-0.2, -0.15) is 0 Å². The summed E-state index contributed by atoms with van der Waals surface area (Å²) in [5.74, 6) is 0.877. The summed E-state index contributed by atoms with van der Waals surface area (Å²) in [7, 11) is 0. The number of carbonyl (C=O) groups is 2. The van der Waals surface area contributed by atoms with Crippen molar-refractivity contribution in [3.05, 3.63) is 86.2 Å². The van der Waals surface area contributed by atoms with Crippen molar-refractivity contribution in [1.29, 1.82) is 0 Å². The predicted molar refractivity (Wildman–Crippen MR) is 239 cm³/mol. The fraction of sp³-hybridized carbons (Fsp3) is 0.500. The van der Waals surface area contributed by atoms with E-state index in [1.165, 1.54) is 0 Å². The van der Waals surface area contributed by atoms with Gasteiger partial charge in [-0.1, -0.05) is 46.9 Å².